The predicted octanol–water partition coefficient (Wildman–Crippen LogP) is 1.22. The summed E-state index contributed by atoms with van der Waals surface area (Å²) >= 11 is 0. The molecule has 7 nitrogen and oxygen atoms in total. The maximum Gasteiger partial charge on any atom is 0.291 e. The molecule has 1 aliphatic carbocycles. The molecule has 0 aliphatic heterocycles. The summed E-state index contributed by atoms with van der Waals surface area (Å²) in [6.45, 7) is 1.75. The van der Waals surface area contributed by atoms with Crippen LogP contribution in [0.4, 0.5) is 0 Å². The summed E-state index contributed by atoms with van der Waals surface area (Å²) in [6.07, 6.45) is 4.76. The van der Waals surface area contributed by atoms with E-state index in [-0.39, 0.29) is 24.1 Å². The summed E-state index contributed by atoms with van der Waals surface area (Å²) in [5, 5.41) is 7.18. The first kappa shape index (κ1) is 13.1. The minimum Gasteiger partial charge on any atom is -0.463 e. The zero-order chi connectivity index (χ0) is 15.3. The van der Waals surface area contributed by atoms with Crippen LogP contribution in [0.3, 0.4) is 0 Å². The fourth-order valence-corrected chi connectivity index (χ4v) is 2.90. The molecule has 1 N–H and O–H groups in total. The van der Waals surface area contributed by atoms with Crippen LogP contribution in [0.25, 0.3) is 16.6 Å². The summed E-state index contributed by atoms with van der Waals surface area (Å²) in [5.41, 5.74) is 1.63. The molecule has 1 saturated carbocycles. The average molecular weight is 300 g/mol. The number of carbonyl (C=O) groups excluding carboxylic acids is 1. The predicted molar refractivity (Wildman–Crippen MR) is 79.7 cm³/mol. The maximum atomic E-state index is 12.5. The molecule has 1 amide bonds. The molecule has 7 heteroatoms. The number of nitrogens with zero attached hydrogens (tertiary/aromatic N) is 3. The molecule has 3 aromatic rings. The van der Waals surface area contributed by atoms with Crippen molar-refractivity contribution in [1.82, 2.24) is 19.5 Å². The number of aromatic nitrogens is 3. The largest absolute Gasteiger partial charge is 0.463 e. The van der Waals surface area contributed by atoms with Crippen molar-refractivity contribution < 1.29 is 9.21 Å². The Bertz CT molecular complexity index is 929. The standard InChI is InChI=1S/C15H16N4O3/c1-9-17-18(8-14(20)16-10-3-2-4-10)15(21)12-7-13-11(19(9)12)5-6-22-13/h5-7,10H,2-4,8H2,1H3,(H,16,20). The van der Waals surface area contributed by atoms with Gasteiger partial charge in [-0.25, -0.2) is 4.68 Å². The van der Waals surface area contributed by atoms with Gasteiger partial charge in [0.15, 0.2) is 5.58 Å². The summed E-state index contributed by atoms with van der Waals surface area (Å²) in [5.74, 6) is 0.473. The highest BCUT2D eigenvalue weighted by Gasteiger charge is 2.20. The van der Waals surface area contributed by atoms with E-state index >= 15 is 0 Å². The molecule has 4 rings (SSSR count). The van der Waals surface area contributed by atoms with Gasteiger partial charge in [-0.05, 0) is 26.2 Å². The Morgan fingerprint density at radius 1 is 1.45 bits per heavy atom. The highest BCUT2D eigenvalue weighted by atomic mass is 16.3. The number of nitrogens with one attached hydrogen (secondary N) is 1. The van der Waals surface area contributed by atoms with Crippen molar-refractivity contribution in [2.24, 2.45) is 0 Å². The van der Waals surface area contributed by atoms with Gasteiger partial charge < -0.3 is 9.73 Å². The fraction of sp³-hybridized carbons (Fsp3) is 0.400. The van der Waals surface area contributed by atoms with Gasteiger partial charge in [-0.3, -0.25) is 14.0 Å². The van der Waals surface area contributed by atoms with Gasteiger partial charge in [0.05, 0.1) is 11.8 Å². The van der Waals surface area contributed by atoms with Crippen molar-refractivity contribution in [1.29, 1.82) is 0 Å². The van der Waals surface area contributed by atoms with Gasteiger partial charge in [0.2, 0.25) is 5.91 Å². The summed E-state index contributed by atoms with van der Waals surface area (Å²) < 4.78 is 8.30. The van der Waals surface area contributed by atoms with Crippen molar-refractivity contribution in [3.63, 3.8) is 0 Å². The Balaban J connectivity index is 1.73. The number of hydrogen-bond acceptors (Lipinski definition) is 4. The molecule has 0 aromatic carbocycles. The Morgan fingerprint density at radius 2 is 2.27 bits per heavy atom. The van der Waals surface area contributed by atoms with Crippen LogP contribution in [-0.4, -0.2) is 26.1 Å². The SMILES string of the molecule is Cc1nn(CC(=O)NC2CCC2)c(=O)c2cc3occc3n12. The van der Waals surface area contributed by atoms with Crippen LogP contribution in [0.1, 0.15) is 25.1 Å². The van der Waals surface area contributed by atoms with E-state index in [1.807, 2.05) is 0 Å². The molecule has 0 radical (unpaired) electrons. The second-order valence-corrected chi connectivity index (χ2v) is 5.74. The van der Waals surface area contributed by atoms with E-state index in [1.54, 1.807) is 29.7 Å². The third-order valence-electron chi connectivity index (χ3n) is 4.23. The van der Waals surface area contributed by atoms with E-state index in [2.05, 4.69) is 10.4 Å². The van der Waals surface area contributed by atoms with E-state index in [1.165, 1.54) is 4.68 Å². The highest BCUT2D eigenvalue weighted by Crippen LogP contribution is 2.20. The van der Waals surface area contributed by atoms with Crippen molar-refractivity contribution in [3.05, 3.63) is 34.6 Å². The molecule has 114 valence electrons. The van der Waals surface area contributed by atoms with Gasteiger partial charge in [0.25, 0.3) is 5.56 Å². The lowest BCUT2D eigenvalue weighted by atomic mass is 9.93. The second-order valence-electron chi connectivity index (χ2n) is 5.74. The van der Waals surface area contributed by atoms with E-state index in [0.717, 1.165) is 24.8 Å². The minimum atomic E-state index is -0.291. The monoisotopic (exact) mass is 300 g/mol. The number of fused-ring (bicyclic) bond motifs is 3. The first-order valence-corrected chi connectivity index (χ1v) is 7.39. The van der Waals surface area contributed by atoms with E-state index < -0.39 is 0 Å². The average Bonchev–Trinajstić information content (AvgIpc) is 3.00. The Morgan fingerprint density at radius 3 is 3.00 bits per heavy atom. The highest BCUT2D eigenvalue weighted by molar-refractivity contribution is 5.82. The molecule has 0 unspecified atom stereocenters. The number of hydrogen-bond donors (Lipinski definition) is 1. The van der Waals surface area contributed by atoms with E-state index in [0.29, 0.717) is 16.9 Å². The number of amides is 1. The van der Waals surface area contributed by atoms with Crippen LogP contribution in [0.2, 0.25) is 0 Å². The van der Waals surface area contributed by atoms with Gasteiger partial charge in [-0.15, -0.1) is 0 Å². The second kappa shape index (κ2) is 4.72. The van der Waals surface area contributed by atoms with Crippen molar-refractivity contribution in [3.8, 4) is 0 Å². The van der Waals surface area contributed by atoms with Crippen LogP contribution in [0.5, 0.6) is 0 Å². The van der Waals surface area contributed by atoms with Gasteiger partial charge >= 0.3 is 0 Å². The quantitative estimate of drug-likeness (QED) is 0.788. The lowest BCUT2D eigenvalue weighted by Gasteiger charge is -2.26. The molecule has 3 aromatic heterocycles. The molecule has 22 heavy (non-hydrogen) atoms. The molecule has 1 aliphatic rings. The minimum absolute atomic E-state index is 0.0563. The van der Waals surface area contributed by atoms with Crippen LogP contribution >= 0.6 is 0 Å². The zero-order valence-corrected chi connectivity index (χ0v) is 12.2. The van der Waals surface area contributed by atoms with Crippen molar-refractivity contribution in [2.45, 2.75) is 38.8 Å². The van der Waals surface area contributed by atoms with E-state index in [4.69, 9.17) is 4.42 Å². The maximum absolute atomic E-state index is 12.5. The molecule has 1 fully saturated rings. The normalized spacial score (nSPS) is 15.3. The molecule has 0 bridgehead atoms. The molecule has 0 atom stereocenters. The fourth-order valence-electron chi connectivity index (χ4n) is 2.90. The van der Waals surface area contributed by atoms with Gasteiger partial charge in [0.1, 0.15) is 17.9 Å². The number of carbonyl (C=O) groups is 1. The van der Waals surface area contributed by atoms with Crippen LogP contribution in [-0.2, 0) is 11.3 Å². The third kappa shape index (κ3) is 1.93. The van der Waals surface area contributed by atoms with Gasteiger partial charge in [-0.2, -0.15) is 5.10 Å². The third-order valence-corrected chi connectivity index (χ3v) is 4.23. The van der Waals surface area contributed by atoms with Crippen LogP contribution < -0.4 is 10.9 Å². The van der Waals surface area contributed by atoms with Crippen LogP contribution in [0.15, 0.2) is 27.6 Å². The Hall–Kier alpha value is -2.57. The van der Waals surface area contributed by atoms with Crippen molar-refractivity contribution in [2.75, 3.05) is 0 Å². The van der Waals surface area contributed by atoms with Crippen molar-refractivity contribution >= 4 is 22.5 Å². The molecule has 0 saturated heterocycles. The molecule has 3 heterocycles. The first-order chi connectivity index (χ1) is 10.6. The summed E-state index contributed by atoms with van der Waals surface area (Å²) in [7, 11) is 0. The summed E-state index contributed by atoms with van der Waals surface area (Å²) in [4.78, 5) is 24.5. The topological polar surface area (TPSA) is 81.5 Å². The first-order valence-electron chi connectivity index (χ1n) is 7.39. The van der Waals surface area contributed by atoms with Gasteiger partial charge in [-0.1, -0.05) is 0 Å². The summed E-state index contributed by atoms with van der Waals surface area (Å²) in [6, 6.07) is 3.74. The van der Waals surface area contributed by atoms with Crippen LogP contribution in [0, 0.1) is 6.92 Å². The number of aryl methyl sites for hydroxylation is 1. The lowest BCUT2D eigenvalue weighted by molar-refractivity contribution is -0.123. The van der Waals surface area contributed by atoms with Gasteiger partial charge in [0, 0.05) is 18.2 Å². The Kier molecular flexibility index (Phi) is 2.82. The smallest absolute Gasteiger partial charge is 0.291 e. The lowest BCUT2D eigenvalue weighted by Crippen LogP contribution is -2.43. The van der Waals surface area contributed by atoms with E-state index in [9.17, 15) is 9.59 Å². The Labute approximate surface area is 125 Å². The molecular formula is C15H16N4O3. The number of rotatable bonds is 3. The molecule has 0 spiro atoms. The zero-order valence-electron chi connectivity index (χ0n) is 12.2. The number of furan rings is 1. The molecular weight excluding hydrogens is 284 g/mol.